The van der Waals surface area contributed by atoms with Crippen LogP contribution in [0.3, 0.4) is 0 Å². The van der Waals surface area contributed by atoms with Gasteiger partial charge >= 0.3 is 0 Å². The molecule has 6 nitrogen and oxygen atoms in total. The lowest BCUT2D eigenvalue weighted by molar-refractivity contribution is 0.0267. The molecule has 0 radical (unpaired) electrons. The molecule has 0 saturated heterocycles. The van der Waals surface area contributed by atoms with E-state index in [4.69, 9.17) is 28.4 Å². The Morgan fingerprint density at radius 2 is 0.861 bits per heavy atom. The van der Waals surface area contributed by atoms with Crippen LogP contribution >= 0.6 is 31.9 Å². The van der Waals surface area contributed by atoms with Crippen molar-refractivity contribution in [1.29, 1.82) is 0 Å². The van der Waals surface area contributed by atoms with Gasteiger partial charge in [-0.2, -0.15) is 0 Å². The number of halogens is 2. The third-order valence-corrected chi connectivity index (χ3v) is 6.83. The topological polar surface area (TPSA) is 55.4 Å². The first-order valence-electron chi connectivity index (χ1n) is 11.9. The van der Waals surface area contributed by atoms with Crippen LogP contribution in [0.15, 0.2) is 60.7 Å². The van der Waals surface area contributed by atoms with E-state index in [2.05, 4.69) is 44.0 Å². The molecule has 1 aliphatic rings. The molecule has 0 atom stereocenters. The molecule has 8 heteroatoms. The monoisotopic (exact) mass is 620 g/mol. The lowest BCUT2D eigenvalue weighted by Gasteiger charge is -2.18. The minimum Gasteiger partial charge on any atom is -0.487 e. The quantitative estimate of drug-likeness (QED) is 0.307. The first kappa shape index (κ1) is 26.8. The molecule has 192 valence electrons. The van der Waals surface area contributed by atoms with Crippen molar-refractivity contribution in [1.82, 2.24) is 0 Å². The van der Waals surface area contributed by atoms with E-state index in [1.807, 2.05) is 48.5 Å². The summed E-state index contributed by atoms with van der Waals surface area (Å²) in [4.78, 5) is 0. The van der Waals surface area contributed by atoms with Crippen molar-refractivity contribution < 1.29 is 28.4 Å². The number of hydrogen-bond acceptors (Lipinski definition) is 6. The van der Waals surface area contributed by atoms with E-state index in [1.54, 1.807) is 0 Å². The second kappa shape index (κ2) is 14.5. The number of rotatable bonds is 2. The lowest BCUT2D eigenvalue weighted by atomic mass is 10.0. The van der Waals surface area contributed by atoms with E-state index in [0.717, 1.165) is 21.8 Å². The van der Waals surface area contributed by atoms with Gasteiger partial charge < -0.3 is 28.4 Å². The second-order valence-corrected chi connectivity index (χ2v) is 9.17. The third kappa shape index (κ3) is 7.62. The number of hydrogen-bond donors (Lipinski definition) is 0. The van der Waals surface area contributed by atoms with E-state index in [0.29, 0.717) is 75.9 Å². The molecular formula is C28H30Br2O6. The molecule has 36 heavy (non-hydrogen) atoms. The molecule has 0 spiro atoms. The van der Waals surface area contributed by atoms with Crippen LogP contribution in [0.25, 0.3) is 0 Å². The van der Waals surface area contributed by atoms with Gasteiger partial charge in [0.1, 0.15) is 26.4 Å². The largest absolute Gasteiger partial charge is 0.487 e. The van der Waals surface area contributed by atoms with Crippen LogP contribution in [0.1, 0.15) is 22.3 Å². The zero-order valence-corrected chi connectivity index (χ0v) is 23.2. The van der Waals surface area contributed by atoms with Gasteiger partial charge in [0, 0.05) is 10.7 Å². The van der Waals surface area contributed by atoms with Crippen molar-refractivity contribution in [2.75, 3.05) is 39.6 Å². The lowest BCUT2D eigenvalue weighted by Crippen LogP contribution is -2.14. The molecule has 0 bridgehead atoms. The normalized spacial score (nSPS) is 15.5. The third-order valence-electron chi connectivity index (χ3n) is 5.62. The molecular weight excluding hydrogens is 592 g/mol. The van der Waals surface area contributed by atoms with E-state index in [9.17, 15) is 0 Å². The van der Waals surface area contributed by atoms with E-state index in [-0.39, 0.29) is 0 Å². The van der Waals surface area contributed by atoms with Crippen LogP contribution in [0.5, 0.6) is 23.0 Å². The fraction of sp³-hybridized carbons (Fsp3) is 0.357. The Balaban J connectivity index is 1.61. The second-order valence-electron chi connectivity index (χ2n) is 8.05. The Morgan fingerprint density at radius 1 is 0.500 bits per heavy atom. The van der Waals surface area contributed by atoms with Crippen molar-refractivity contribution >= 4 is 31.9 Å². The summed E-state index contributed by atoms with van der Waals surface area (Å²) in [5, 5.41) is 1.50. The van der Waals surface area contributed by atoms with Gasteiger partial charge in [-0.25, -0.2) is 0 Å². The minimum absolute atomic E-state index is 0.383. The first-order chi connectivity index (χ1) is 17.8. The van der Waals surface area contributed by atoms with Gasteiger partial charge in [-0.1, -0.05) is 68.3 Å². The highest BCUT2D eigenvalue weighted by Gasteiger charge is 2.14. The van der Waals surface area contributed by atoms with Gasteiger partial charge in [0.05, 0.1) is 26.4 Å². The zero-order chi connectivity index (χ0) is 25.0. The summed E-state index contributed by atoms with van der Waals surface area (Å²) in [5.41, 5.74) is 4.50. The Hall–Kier alpha value is -2.26. The van der Waals surface area contributed by atoms with Crippen molar-refractivity contribution in [2.45, 2.75) is 23.9 Å². The highest BCUT2D eigenvalue weighted by molar-refractivity contribution is 9.09. The molecule has 1 heterocycles. The van der Waals surface area contributed by atoms with Crippen molar-refractivity contribution in [3.05, 3.63) is 82.9 Å². The van der Waals surface area contributed by atoms with Gasteiger partial charge in [-0.15, -0.1) is 0 Å². The minimum atomic E-state index is 0.383. The maximum Gasteiger partial charge on any atom is 0.161 e. The van der Waals surface area contributed by atoms with Gasteiger partial charge in [0.15, 0.2) is 23.0 Å². The summed E-state index contributed by atoms with van der Waals surface area (Å²) in [6.45, 7) is 3.52. The summed E-state index contributed by atoms with van der Waals surface area (Å²) >= 11 is 7.24. The van der Waals surface area contributed by atoms with Crippen molar-refractivity contribution in [2.24, 2.45) is 0 Å². The van der Waals surface area contributed by atoms with Crippen LogP contribution in [0.2, 0.25) is 0 Å². The molecule has 0 N–H and O–H groups in total. The zero-order valence-electron chi connectivity index (χ0n) is 20.0. The summed E-state index contributed by atoms with van der Waals surface area (Å²) in [6, 6.07) is 19.7. The highest BCUT2D eigenvalue weighted by atomic mass is 79.9. The van der Waals surface area contributed by atoms with Gasteiger partial charge in [0.25, 0.3) is 0 Å². The average Bonchev–Trinajstić information content (AvgIpc) is 2.92. The molecule has 0 fully saturated rings. The smallest absolute Gasteiger partial charge is 0.161 e. The molecule has 0 aliphatic carbocycles. The van der Waals surface area contributed by atoms with Crippen molar-refractivity contribution in [3.63, 3.8) is 0 Å². The van der Waals surface area contributed by atoms with E-state index >= 15 is 0 Å². The fourth-order valence-corrected chi connectivity index (χ4v) is 4.78. The van der Waals surface area contributed by atoms with Crippen LogP contribution in [0.4, 0.5) is 0 Å². The number of para-hydroxylation sites is 4. The molecule has 1 aliphatic heterocycles. The fourth-order valence-electron chi connectivity index (χ4n) is 3.74. The average molecular weight is 622 g/mol. The molecule has 3 aromatic carbocycles. The first-order valence-corrected chi connectivity index (χ1v) is 14.1. The summed E-state index contributed by atoms with van der Waals surface area (Å²) < 4.78 is 35.6. The van der Waals surface area contributed by atoms with Crippen LogP contribution < -0.4 is 18.9 Å². The predicted octanol–water partition coefficient (Wildman–Crippen LogP) is 6.44. The molecule has 0 unspecified atom stereocenters. The maximum atomic E-state index is 6.25. The summed E-state index contributed by atoms with van der Waals surface area (Å²) in [5.74, 6) is 2.75. The Labute approximate surface area is 229 Å². The maximum absolute atomic E-state index is 6.25. The van der Waals surface area contributed by atoms with Crippen LogP contribution in [0, 0.1) is 0 Å². The molecule has 0 saturated carbocycles. The van der Waals surface area contributed by atoms with Gasteiger partial charge in [0.2, 0.25) is 0 Å². The summed E-state index contributed by atoms with van der Waals surface area (Å²) in [6.07, 6.45) is 0. The summed E-state index contributed by atoms with van der Waals surface area (Å²) in [7, 11) is 0. The van der Waals surface area contributed by atoms with Gasteiger partial charge in [-0.3, -0.25) is 0 Å². The Bertz CT molecular complexity index is 1020. The molecule has 0 amide bonds. The Kier molecular flexibility index (Phi) is 10.8. The van der Waals surface area contributed by atoms with Crippen LogP contribution in [-0.4, -0.2) is 39.6 Å². The predicted molar refractivity (Wildman–Crippen MR) is 146 cm³/mol. The van der Waals surface area contributed by atoms with E-state index < -0.39 is 0 Å². The van der Waals surface area contributed by atoms with Crippen molar-refractivity contribution in [3.8, 4) is 23.0 Å². The standard InChI is InChI=1S/C28H30Br2O6/c29-17-21-15-23-19-35-27-7-3-1-5-25(27)33-13-11-31-9-10-32-12-14-34-26-6-2-4-8-28(26)36-20-24(23)16-22(21)18-30/h1-8,15-16H,9-14,17-20H2. The SMILES string of the molecule is BrCc1cc2c(cc1CBr)COc1ccccc1OCCOCCOCCOc1ccccc1OC2. The van der Waals surface area contributed by atoms with Crippen LogP contribution in [-0.2, 0) is 33.3 Å². The number of fused-ring (bicyclic) bond motifs is 3. The van der Waals surface area contributed by atoms with E-state index in [1.165, 1.54) is 11.1 Å². The molecule has 3 aromatic rings. The number of alkyl halides is 2. The Morgan fingerprint density at radius 3 is 1.25 bits per heavy atom. The number of ether oxygens (including phenoxy) is 6. The molecule has 4 rings (SSSR count). The van der Waals surface area contributed by atoms with Gasteiger partial charge in [-0.05, 0) is 46.5 Å². The molecule has 0 aromatic heterocycles. The number of benzene rings is 3. The highest BCUT2D eigenvalue weighted by Crippen LogP contribution is 2.31.